The molecule has 2 saturated heterocycles. The van der Waals surface area contributed by atoms with Crippen molar-refractivity contribution in [2.24, 2.45) is 0 Å². The van der Waals surface area contributed by atoms with Gasteiger partial charge in [-0.25, -0.2) is 9.78 Å². The number of aromatic nitrogens is 1. The Morgan fingerprint density at radius 2 is 1.78 bits per heavy atom. The molecule has 1 aliphatic carbocycles. The van der Waals surface area contributed by atoms with Crippen LogP contribution in [0, 0.1) is 0 Å². The lowest BCUT2D eigenvalue weighted by Gasteiger charge is -2.43. The first-order valence-corrected chi connectivity index (χ1v) is 10.2. The van der Waals surface area contributed by atoms with Crippen molar-refractivity contribution in [2.45, 2.75) is 44.2 Å². The fraction of sp³-hybridized carbons (Fsp3) is 0.700. The van der Waals surface area contributed by atoms with Gasteiger partial charge < -0.3 is 19.3 Å². The lowest BCUT2D eigenvalue weighted by Crippen LogP contribution is -2.54. The van der Waals surface area contributed by atoms with Crippen molar-refractivity contribution in [3.63, 3.8) is 0 Å². The van der Waals surface area contributed by atoms with E-state index in [1.807, 2.05) is 17.0 Å². The van der Waals surface area contributed by atoms with Crippen LogP contribution in [0.1, 0.15) is 32.1 Å². The molecule has 1 saturated carbocycles. The monoisotopic (exact) mass is 374 g/mol. The Bertz CT molecular complexity index is 619. The normalized spacial score (nSPS) is 22.4. The number of pyridine rings is 1. The number of carbonyl (C=O) groups is 1. The summed E-state index contributed by atoms with van der Waals surface area (Å²) >= 11 is 0. The summed E-state index contributed by atoms with van der Waals surface area (Å²) in [5, 5.41) is 0. The molecule has 1 amide bonds. The number of ether oxygens (including phenoxy) is 2. The van der Waals surface area contributed by atoms with Gasteiger partial charge in [0.1, 0.15) is 17.7 Å². The first-order valence-electron chi connectivity index (χ1n) is 10.2. The molecule has 7 heteroatoms. The van der Waals surface area contributed by atoms with Gasteiger partial charge in [-0.2, -0.15) is 0 Å². The van der Waals surface area contributed by atoms with Crippen LogP contribution in [0.2, 0.25) is 0 Å². The van der Waals surface area contributed by atoms with Crippen LogP contribution in [-0.4, -0.2) is 79.4 Å². The van der Waals surface area contributed by atoms with Crippen molar-refractivity contribution >= 4 is 11.9 Å². The zero-order valence-corrected chi connectivity index (χ0v) is 16.2. The van der Waals surface area contributed by atoms with Crippen LogP contribution in [0.15, 0.2) is 18.3 Å². The van der Waals surface area contributed by atoms with Crippen molar-refractivity contribution in [2.75, 3.05) is 51.3 Å². The van der Waals surface area contributed by atoms with Gasteiger partial charge >= 0.3 is 6.09 Å². The smallest absolute Gasteiger partial charge is 0.410 e. The molecule has 0 bridgehead atoms. The lowest BCUT2D eigenvalue weighted by atomic mass is 9.91. The summed E-state index contributed by atoms with van der Waals surface area (Å²) in [6, 6.07) is 4.67. The number of hydrogen-bond acceptors (Lipinski definition) is 6. The molecular formula is C20H30N4O3. The quantitative estimate of drug-likeness (QED) is 0.806. The highest BCUT2D eigenvalue weighted by atomic mass is 16.6. The zero-order chi connectivity index (χ0) is 18.6. The van der Waals surface area contributed by atoms with Gasteiger partial charge in [0.25, 0.3) is 0 Å². The van der Waals surface area contributed by atoms with E-state index in [0.717, 1.165) is 69.7 Å². The Hall–Kier alpha value is -2.02. The largest absolute Gasteiger partial charge is 0.495 e. The van der Waals surface area contributed by atoms with Crippen molar-refractivity contribution in [1.29, 1.82) is 0 Å². The number of amides is 1. The van der Waals surface area contributed by atoms with Crippen LogP contribution >= 0.6 is 0 Å². The standard InChI is InChI=1S/C20H30N4O3/c1-26-18-5-6-19(21-15-18)23-9-7-17(8-10-23)27-20(25)24-13-11-22(12-14-24)16-3-2-4-16/h5-6,15-17H,2-4,7-14H2,1H3. The summed E-state index contributed by atoms with van der Waals surface area (Å²) in [7, 11) is 1.64. The maximum Gasteiger partial charge on any atom is 0.410 e. The predicted octanol–water partition coefficient (Wildman–Crippen LogP) is 2.37. The van der Waals surface area contributed by atoms with Crippen LogP contribution in [0.5, 0.6) is 5.75 Å². The van der Waals surface area contributed by atoms with E-state index in [0.29, 0.717) is 0 Å². The minimum absolute atomic E-state index is 0.0108. The molecule has 1 aromatic heterocycles. The number of hydrogen-bond donors (Lipinski definition) is 0. The van der Waals surface area contributed by atoms with E-state index >= 15 is 0 Å². The van der Waals surface area contributed by atoms with E-state index in [9.17, 15) is 4.79 Å². The van der Waals surface area contributed by atoms with Gasteiger partial charge in [-0.1, -0.05) is 6.42 Å². The second-order valence-corrected chi connectivity index (χ2v) is 7.73. The number of methoxy groups -OCH3 is 1. The van der Waals surface area contributed by atoms with Gasteiger partial charge in [0.2, 0.25) is 0 Å². The molecule has 0 aromatic carbocycles. The van der Waals surface area contributed by atoms with Gasteiger partial charge in [0.15, 0.2) is 0 Å². The molecule has 0 N–H and O–H groups in total. The summed E-state index contributed by atoms with van der Waals surface area (Å²) in [5.74, 6) is 1.72. The first kappa shape index (κ1) is 18.3. The van der Waals surface area contributed by atoms with Crippen LogP contribution in [0.3, 0.4) is 0 Å². The molecule has 3 heterocycles. The van der Waals surface area contributed by atoms with Crippen LogP contribution in [0.4, 0.5) is 10.6 Å². The maximum absolute atomic E-state index is 12.5. The molecule has 3 aliphatic rings. The molecule has 0 atom stereocenters. The Balaban J connectivity index is 1.20. The van der Waals surface area contributed by atoms with Gasteiger partial charge in [-0.15, -0.1) is 0 Å². The van der Waals surface area contributed by atoms with E-state index < -0.39 is 0 Å². The van der Waals surface area contributed by atoms with Gasteiger partial charge in [0.05, 0.1) is 13.3 Å². The van der Waals surface area contributed by atoms with Gasteiger partial charge in [0, 0.05) is 58.2 Å². The Morgan fingerprint density at radius 3 is 2.33 bits per heavy atom. The number of carbonyl (C=O) groups excluding carboxylic acids is 1. The SMILES string of the molecule is COc1ccc(N2CCC(OC(=O)N3CCN(C4CCC4)CC3)CC2)nc1. The number of piperidine rings is 1. The molecule has 148 valence electrons. The van der Waals surface area contributed by atoms with Crippen LogP contribution < -0.4 is 9.64 Å². The average molecular weight is 374 g/mol. The molecule has 0 unspecified atom stereocenters. The summed E-state index contributed by atoms with van der Waals surface area (Å²) in [5.41, 5.74) is 0. The topological polar surface area (TPSA) is 58.1 Å². The highest BCUT2D eigenvalue weighted by Crippen LogP contribution is 2.26. The fourth-order valence-electron chi connectivity index (χ4n) is 4.12. The third kappa shape index (κ3) is 4.29. The predicted molar refractivity (Wildman–Crippen MR) is 103 cm³/mol. The molecule has 0 spiro atoms. The molecule has 27 heavy (non-hydrogen) atoms. The number of anilines is 1. The second kappa shape index (κ2) is 8.33. The zero-order valence-electron chi connectivity index (χ0n) is 16.2. The average Bonchev–Trinajstić information content (AvgIpc) is 2.68. The summed E-state index contributed by atoms with van der Waals surface area (Å²) in [4.78, 5) is 23.6. The summed E-state index contributed by atoms with van der Waals surface area (Å²) < 4.78 is 10.9. The Kier molecular flexibility index (Phi) is 5.66. The second-order valence-electron chi connectivity index (χ2n) is 7.73. The van der Waals surface area contributed by atoms with E-state index in [1.165, 1.54) is 19.3 Å². The minimum Gasteiger partial charge on any atom is -0.495 e. The molecule has 0 radical (unpaired) electrons. The van der Waals surface area contributed by atoms with Gasteiger partial charge in [-0.05, 0) is 25.0 Å². The van der Waals surface area contributed by atoms with E-state index in [1.54, 1.807) is 13.3 Å². The third-order valence-electron chi connectivity index (χ3n) is 6.15. The summed E-state index contributed by atoms with van der Waals surface area (Å²) in [6.45, 7) is 5.27. The minimum atomic E-state index is -0.135. The van der Waals surface area contributed by atoms with E-state index in [4.69, 9.17) is 9.47 Å². The molecule has 2 aliphatic heterocycles. The molecule has 4 rings (SSSR count). The fourth-order valence-corrected chi connectivity index (χ4v) is 4.12. The lowest BCUT2D eigenvalue weighted by molar-refractivity contribution is 0.0230. The first-order chi connectivity index (χ1) is 13.2. The van der Waals surface area contributed by atoms with Crippen molar-refractivity contribution in [3.8, 4) is 5.75 Å². The number of piperazine rings is 1. The molecule has 3 fully saturated rings. The van der Waals surface area contributed by atoms with Gasteiger partial charge in [-0.3, -0.25) is 4.90 Å². The maximum atomic E-state index is 12.5. The number of nitrogens with zero attached hydrogens (tertiary/aromatic N) is 4. The van der Waals surface area contributed by atoms with Crippen molar-refractivity contribution in [3.05, 3.63) is 18.3 Å². The van der Waals surface area contributed by atoms with Crippen molar-refractivity contribution < 1.29 is 14.3 Å². The van der Waals surface area contributed by atoms with Crippen LogP contribution in [-0.2, 0) is 4.74 Å². The summed E-state index contributed by atoms with van der Waals surface area (Å²) in [6.07, 6.45) is 7.32. The third-order valence-corrected chi connectivity index (χ3v) is 6.15. The Morgan fingerprint density at radius 1 is 1.04 bits per heavy atom. The van der Waals surface area contributed by atoms with E-state index in [-0.39, 0.29) is 12.2 Å². The van der Waals surface area contributed by atoms with E-state index in [2.05, 4.69) is 14.8 Å². The van der Waals surface area contributed by atoms with Crippen molar-refractivity contribution in [1.82, 2.24) is 14.8 Å². The highest BCUT2D eigenvalue weighted by molar-refractivity contribution is 5.68. The molecule has 1 aromatic rings. The van der Waals surface area contributed by atoms with Crippen LogP contribution in [0.25, 0.3) is 0 Å². The molecular weight excluding hydrogens is 344 g/mol. The number of rotatable bonds is 4. The molecule has 7 nitrogen and oxygen atoms in total. The highest BCUT2D eigenvalue weighted by Gasteiger charge is 2.31. The Labute approximate surface area is 161 Å².